The Morgan fingerprint density at radius 3 is 2.85 bits per heavy atom. The fraction of sp³-hybridized carbons (Fsp3) is 0.333. The summed E-state index contributed by atoms with van der Waals surface area (Å²) in [5, 5.41) is 9.06. The van der Waals surface area contributed by atoms with Gasteiger partial charge in [0.1, 0.15) is 11.9 Å². The van der Waals surface area contributed by atoms with Gasteiger partial charge in [0.25, 0.3) is 0 Å². The largest absolute Gasteiger partial charge is 0.385 e. The molecule has 0 aliphatic heterocycles. The standard InChI is InChI=1S/C9H12N2O2/c1-5-3-7(8(13)6(2)12)9(10)11-4-5/h3-4,6,12H,1-2H3,(H2,10,11). The minimum absolute atomic E-state index is 0.163. The van der Waals surface area contributed by atoms with Crippen LogP contribution in [0.15, 0.2) is 12.3 Å². The molecule has 1 atom stereocenters. The van der Waals surface area contributed by atoms with Gasteiger partial charge in [-0.05, 0) is 25.5 Å². The second-order valence-corrected chi connectivity index (χ2v) is 2.99. The Hall–Kier alpha value is -1.42. The second kappa shape index (κ2) is 3.53. The fourth-order valence-electron chi connectivity index (χ4n) is 1.00. The zero-order valence-corrected chi connectivity index (χ0v) is 7.61. The van der Waals surface area contributed by atoms with Crippen molar-refractivity contribution >= 4 is 11.6 Å². The number of carbonyl (C=O) groups excluding carboxylic acids is 1. The van der Waals surface area contributed by atoms with Crippen LogP contribution in [0.25, 0.3) is 0 Å². The molecule has 70 valence electrons. The molecule has 0 fully saturated rings. The lowest BCUT2D eigenvalue weighted by Crippen LogP contribution is -2.18. The average molecular weight is 180 g/mol. The summed E-state index contributed by atoms with van der Waals surface area (Å²) in [7, 11) is 0. The highest BCUT2D eigenvalue weighted by atomic mass is 16.3. The minimum Gasteiger partial charge on any atom is -0.385 e. The van der Waals surface area contributed by atoms with Crippen LogP contribution in [0.4, 0.5) is 5.82 Å². The average Bonchev–Trinajstić information content (AvgIpc) is 2.08. The monoisotopic (exact) mass is 180 g/mol. The van der Waals surface area contributed by atoms with Crippen molar-refractivity contribution in [3.05, 3.63) is 23.4 Å². The van der Waals surface area contributed by atoms with Crippen LogP contribution in [0.5, 0.6) is 0 Å². The molecule has 0 aliphatic rings. The molecule has 1 aromatic rings. The molecule has 0 spiro atoms. The smallest absolute Gasteiger partial charge is 0.194 e. The van der Waals surface area contributed by atoms with Gasteiger partial charge >= 0.3 is 0 Å². The predicted octanol–water partition coefficient (Wildman–Crippen LogP) is 0.536. The van der Waals surface area contributed by atoms with Crippen LogP contribution in [0, 0.1) is 6.92 Å². The number of pyridine rings is 1. The summed E-state index contributed by atoms with van der Waals surface area (Å²) >= 11 is 0. The number of ketones is 1. The molecule has 0 saturated carbocycles. The van der Waals surface area contributed by atoms with Crippen molar-refractivity contribution in [3.8, 4) is 0 Å². The molecule has 4 nitrogen and oxygen atoms in total. The lowest BCUT2D eigenvalue weighted by molar-refractivity contribution is 0.0780. The number of nitrogens with zero attached hydrogens (tertiary/aromatic N) is 1. The number of Topliss-reactive ketones (excluding diaryl/α,β-unsaturated/α-hetero) is 1. The van der Waals surface area contributed by atoms with Gasteiger partial charge in [-0.3, -0.25) is 4.79 Å². The SMILES string of the molecule is Cc1cnc(N)c(C(=O)C(C)O)c1. The zero-order valence-electron chi connectivity index (χ0n) is 7.61. The van der Waals surface area contributed by atoms with Gasteiger partial charge in [-0.25, -0.2) is 4.98 Å². The fourth-order valence-corrected chi connectivity index (χ4v) is 1.00. The third-order valence-electron chi connectivity index (χ3n) is 1.70. The van der Waals surface area contributed by atoms with Gasteiger partial charge in [0, 0.05) is 6.20 Å². The van der Waals surface area contributed by atoms with Gasteiger partial charge in [-0.2, -0.15) is 0 Å². The third kappa shape index (κ3) is 2.03. The normalized spacial score (nSPS) is 12.5. The van der Waals surface area contributed by atoms with Crippen molar-refractivity contribution in [3.63, 3.8) is 0 Å². The number of nitrogens with two attached hydrogens (primary N) is 1. The highest BCUT2D eigenvalue weighted by Crippen LogP contribution is 2.12. The van der Waals surface area contributed by atoms with Gasteiger partial charge in [0.05, 0.1) is 5.56 Å². The first-order valence-corrected chi connectivity index (χ1v) is 3.96. The molecule has 0 aliphatic carbocycles. The third-order valence-corrected chi connectivity index (χ3v) is 1.70. The Morgan fingerprint density at radius 2 is 2.31 bits per heavy atom. The summed E-state index contributed by atoms with van der Waals surface area (Å²) in [4.78, 5) is 15.2. The molecule has 1 rings (SSSR count). The van der Waals surface area contributed by atoms with E-state index < -0.39 is 11.9 Å². The van der Waals surface area contributed by atoms with E-state index in [-0.39, 0.29) is 11.4 Å². The lowest BCUT2D eigenvalue weighted by Gasteiger charge is -2.06. The number of aromatic nitrogens is 1. The Morgan fingerprint density at radius 1 is 1.69 bits per heavy atom. The number of hydrogen-bond donors (Lipinski definition) is 2. The molecule has 1 aromatic heterocycles. The van der Waals surface area contributed by atoms with Crippen LogP contribution in [-0.2, 0) is 0 Å². The van der Waals surface area contributed by atoms with Gasteiger partial charge in [0.2, 0.25) is 0 Å². The van der Waals surface area contributed by atoms with E-state index in [9.17, 15) is 4.79 Å². The number of aryl methyl sites for hydroxylation is 1. The maximum Gasteiger partial charge on any atom is 0.194 e. The summed E-state index contributed by atoms with van der Waals surface area (Å²) in [6.07, 6.45) is 0.541. The summed E-state index contributed by atoms with van der Waals surface area (Å²) < 4.78 is 0. The van der Waals surface area contributed by atoms with Crippen molar-refractivity contribution in [2.24, 2.45) is 0 Å². The number of hydrogen-bond acceptors (Lipinski definition) is 4. The molecule has 13 heavy (non-hydrogen) atoms. The summed E-state index contributed by atoms with van der Waals surface area (Å²) in [5.74, 6) is -0.231. The van der Waals surface area contributed by atoms with E-state index in [0.29, 0.717) is 0 Å². The molecule has 4 heteroatoms. The number of anilines is 1. The Kier molecular flexibility index (Phi) is 2.63. The molecule has 1 unspecified atom stereocenters. The maximum atomic E-state index is 11.3. The molecular weight excluding hydrogens is 168 g/mol. The maximum absolute atomic E-state index is 11.3. The molecular formula is C9H12N2O2. The van der Waals surface area contributed by atoms with E-state index in [2.05, 4.69) is 4.98 Å². The van der Waals surface area contributed by atoms with Crippen LogP contribution < -0.4 is 5.73 Å². The van der Waals surface area contributed by atoms with Crippen molar-refractivity contribution in [2.75, 3.05) is 5.73 Å². The van der Waals surface area contributed by atoms with Gasteiger partial charge in [0.15, 0.2) is 5.78 Å². The van der Waals surface area contributed by atoms with Crippen LogP contribution in [0.3, 0.4) is 0 Å². The van der Waals surface area contributed by atoms with Crippen LogP contribution >= 0.6 is 0 Å². The summed E-state index contributed by atoms with van der Waals surface area (Å²) in [5.41, 5.74) is 6.62. The van der Waals surface area contributed by atoms with Crippen LogP contribution in [0.2, 0.25) is 0 Å². The van der Waals surface area contributed by atoms with Gasteiger partial charge in [-0.15, -0.1) is 0 Å². The van der Waals surface area contributed by atoms with Crippen LogP contribution in [0.1, 0.15) is 22.8 Å². The van der Waals surface area contributed by atoms with E-state index in [1.54, 1.807) is 12.3 Å². The number of aliphatic hydroxyl groups excluding tert-OH is 1. The minimum atomic E-state index is -1.04. The van der Waals surface area contributed by atoms with Crippen molar-refractivity contribution in [2.45, 2.75) is 20.0 Å². The van der Waals surface area contributed by atoms with E-state index in [0.717, 1.165) is 5.56 Å². The molecule has 0 radical (unpaired) electrons. The Balaban J connectivity index is 3.13. The first-order chi connectivity index (χ1) is 6.02. The summed E-state index contributed by atoms with van der Waals surface area (Å²) in [6, 6.07) is 1.62. The molecule has 1 heterocycles. The van der Waals surface area contributed by atoms with E-state index in [4.69, 9.17) is 10.8 Å². The van der Waals surface area contributed by atoms with E-state index >= 15 is 0 Å². The van der Waals surface area contributed by atoms with Crippen molar-refractivity contribution in [1.82, 2.24) is 4.98 Å². The summed E-state index contributed by atoms with van der Waals surface area (Å²) in [6.45, 7) is 3.22. The molecule has 0 amide bonds. The second-order valence-electron chi connectivity index (χ2n) is 2.99. The highest BCUT2D eigenvalue weighted by molar-refractivity contribution is 6.02. The quantitative estimate of drug-likeness (QED) is 0.651. The Labute approximate surface area is 76.4 Å². The van der Waals surface area contributed by atoms with Crippen molar-refractivity contribution < 1.29 is 9.90 Å². The first-order valence-electron chi connectivity index (χ1n) is 3.96. The molecule has 0 bridgehead atoms. The van der Waals surface area contributed by atoms with E-state index in [1.165, 1.54) is 6.92 Å². The number of rotatable bonds is 2. The van der Waals surface area contributed by atoms with Crippen LogP contribution in [-0.4, -0.2) is 22.0 Å². The topological polar surface area (TPSA) is 76.2 Å². The Bertz CT molecular complexity index is 334. The molecule has 3 N–H and O–H groups in total. The number of nitrogen functional groups attached to an aromatic ring is 1. The number of carbonyl (C=O) groups is 1. The lowest BCUT2D eigenvalue weighted by atomic mass is 10.1. The highest BCUT2D eigenvalue weighted by Gasteiger charge is 2.15. The predicted molar refractivity (Wildman–Crippen MR) is 49.4 cm³/mol. The zero-order chi connectivity index (χ0) is 10.0. The molecule has 0 aromatic carbocycles. The first kappa shape index (κ1) is 9.67. The van der Waals surface area contributed by atoms with Gasteiger partial charge < -0.3 is 10.8 Å². The number of aliphatic hydroxyl groups is 1. The van der Waals surface area contributed by atoms with E-state index in [1.807, 2.05) is 6.92 Å². The van der Waals surface area contributed by atoms with Crippen molar-refractivity contribution in [1.29, 1.82) is 0 Å². The van der Waals surface area contributed by atoms with Gasteiger partial charge in [-0.1, -0.05) is 0 Å². The molecule has 0 saturated heterocycles.